The van der Waals surface area contributed by atoms with E-state index in [0.29, 0.717) is 11.8 Å². The Balaban J connectivity index is 0.838. The van der Waals surface area contributed by atoms with Gasteiger partial charge in [-0.15, -0.1) is 0 Å². The molecule has 3 aliphatic rings. The van der Waals surface area contributed by atoms with Crippen LogP contribution in [-0.2, 0) is 0 Å². The smallest absolute Gasteiger partial charge is 0.0205 e. The second kappa shape index (κ2) is 13.0. The van der Waals surface area contributed by atoms with Crippen LogP contribution in [0.1, 0.15) is 28.2 Å². The van der Waals surface area contributed by atoms with E-state index >= 15 is 0 Å². The molecule has 0 heteroatoms. The predicted molar refractivity (Wildman–Crippen MR) is 256 cm³/mol. The Hall–Kier alpha value is -7.54. The molecule has 0 amide bonds. The van der Waals surface area contributed by atoms with Crippen LogP contribution in [-0.4, -0.2) is 0 Å². The van der Waals surface area contributed by atoms with E-state index in [9.17, 15) is 0 Å². The molecule has 0 saturated carbocycles. The molecule has 0 aromatic heterocycles. The number of rotatable bonds is 5. The molecule has 2 unspecified atom stereocenters. The fourth-order valence-corrected chi connectivity index (χ4v) is 10.8. The van der Waals surface area contributed by atoms with Crippen molar-refractivity contribution in [2.24, 2.45) is 5.92 Å². The van der Waals surface area contributed by atoms with Gasteiger partial charge in [-0.2, -0.15) is 0 Å². The molecule has 0 saturated heterocycles. The summed E-state index contributed by atoms with van der Waals surface area (Å²) in [4.78, 5) is 0. The molecule has 0 aliphatic heterocycles. The summed E-state index contributed by atoms with van der Waals surface area (Å²) >= 11 is 0. The summed E-state index contributed by atoms with van der Waals surface area (Å²) in [6.45, 7) is 0. The molecule has 10 aromatic rings. The van der Waals surface area contributed by atoms with Gasteiger partial charge in [0.25, 0.3) is 0 Å². The van der Waals surface area contributed by atoms with E-state index in [0.717, 1.165) is 0 Å². The van der Waals surface area contributed by atoms with Crippen LogP contribution in [0.4, 0.5) is 0 Å². The first kappa shape index (κ1) is 33.4. The molecule has 60 heavy (non-hydrogen) atoms. The van der Waals surface area contributed by atoms with Crippen LogP contribution in [0.3, 0.4) is 0 Å². The zero-order chi connectivity index (χ0) is 39.3. The van der Waals surface area contributed by atoms with E-state index in [1.54, 1.807) is 0 Å². The SMILES string of the molecule is C1=CC2C=Cc3c(-c4cccc(-c5ccc(-c6cccc(-c7ccc8ccc9cccc%10ccc7c8c9%10)c6)cc5)c4)ccc4c3C2C(=C1c1cccc2ccccc12)C=C4. The highest BCUT2D eigenvalue weighted by Crippen LogP contribution is 2.52. The van der Waals surface area contributed by atoms with Crippen LogP contribution in [0.15, 0.2) is 212 Å². The average Bonchev–Trinajstić information content (AvgIpc) is 3.32. The average molecular weight is 759 g/mol. The fraction of sp³-hybridized carbons (Fsp3) is 0.0333. The van der Waals surface area contributed by atoms with Crippen molar-refractivity contribution in [3.8, 4) is 44.5 Å². The molecule has 10 aromatic carbocycles. The van der Waals surface area contributed by atoms with Gasteiger partial charge < -0.3 is 0 Å². The van der Waals surface area contributed by atoms with Crippen LogP contribution in [0.5, 0.6) is 0 Å². The summed E-state index contributed by atoms with van der Waals surface area (Å²) in [7, 11) is 0. The molecular formula is C60H38. The Bertz CT molecular complexity index is 3510. The summed E-state index contributed by atoms with van der Waals surface area (Å²) in [5, 5.41) is 10.5. The first-order valence-corrected chi connectivity index (χ1v) is 21.2. The predicted octanol–water partition coefficient (Wildman–Crippen LogP) is 16.2. The lowest BCUT2D eigenvalue weighted by Crippen LogP contribution is -2.22. The second-order valence-electron chi connectivity index (χ2n) is 16.7. The summed E-state index contributed by atoms with van der Waals surface area (Å²) in [6, 6.07) is 67.7. The summed E-state index contributed by atoms with van der Waals surface area (Å²) < 4.78 is 0. The Morgan fingerprint density at radius 2 is 0.933 bits per heavy atom. The lowest BCUT2D eigenvalue weighted by Gasteiger charge is -2.37. The van der Waals surface area contributed by atoms with E-state index in [4.69, 9.17) is 0 Å². The molecule has 2 atom stereocenters. The molecule has 3 aliphatic carbocycles. The number of hydrogen-bond donors (Lipinski definition) is 0. The van der Waals surface area contributed by atoms with Gasteiger partial charge in [0.1, 0.15) is 0 Å². The Morgan fingerprint density at radius 3 is 1.73 bits per heavy atom. The lowest BCUT2D eigenvalue weighted by atomic mass is 9.66. The van der Waals surface area contributed by atoms with Gasteiger partial charge in [0.15, 0.2) is 0 Å². The van der Waals surface area contributed by atoms with Crippen LogP contribution < -0.4 is 0 Å². The van der Waals surface area contributed by atoms with E-state index in [-0.39, 0.29) is 0 Å². The topological polar surface area (TPSA) is 0 Å². The molecule has 0 N–H and O–H groups in total. The van der Waals surface area contributed by atoms with Crippen molar-refractivity contribution < 1.29 is 0 Å². The van der Waals surface area contributed by atoms with Gasteiger partial charge in [0.2, 0.25) is 0 Å². The Kier molecular flexibility index (Phi) is 7.23. The van der Waals surface area contributed by atoms with Crippen LogP contribution >= 0.6 is 0 Å². The molecule has 13 rings (SSSR count). The quantitative estimate of drug-likeness (QED) is 0.153. The van der Waals surface area contributed by atoms with Crippen molar-refractivity contribution in [1.82, 2.24) is 0 Å². The Morgan fingerprint density at radius 1 is 0.333 bits per heavy atom. The standard InChI is InChI=1S/C60H38/c1-2-15-49-39(7-1)8-6-16-52(49)53-31-25-44-27-33-55-51(30-24-43-28-34-56(53)60(44)59(43)55)48-14-5-12-46(36-48)38-19-17-37(18-20-38)45-11-4-13-47(35-45)50-29-23-42-22-21-40-9-3-10-41-26-32-54(50)58(42)57(40)41/h1-36,44,60H. The zero-order valence-corrected chi connectivity index (χ0v) is 32.9. The first-order chi connectivity index (χ1) is 29.7. The maximum Gasteiger partial charge on any atom is 0.0205 e. The molecular weight excluding hydrogens is 721 g/mol. The normalized spacial score (nSPS) is 16.4. The maximum absolute atomic E-state index is 2.43. The van der Waals surface area contributed by atoms with Crippen molar-refractivity contribution >= 4 is 60.8 Å². The highest BCUT2D eigenvalue weighted by Gasteiger charge is 2.36. The van der Waals surface area contributed by atoms with Crippen molar-refractivity contribution in [3.63, 3.8) is 0 Å². The minimum absolute atomic E-state index is 0.298. The van der Waals surface area contributed by atoms with Gasteiger partial charge in [-0.3, -0.25) is 0 Å². The minimum atomic E-state index is 0.298. The van der Waals surface area contributed by atoms with E-state index in [1.165, 1.54) is 121 Å². The lowest BCUT2D eigenvalue weighted by molar-refractivity contribution is 0.668. The number of allylic oxidation sites excluding steroid dienone is 6. The van der Waals surface area contributed by atoms with E-state index < -0.39 is 0 Å². The van der Waals surface area contributed by atoms with Crippen LogP contribution in [0.25, 0.3) is 105 Å². The monoisotopic (exact) mass is 758 g/mol. The fourth-order valence-electron chi connectivity index (χ4n) is 10.8. The molecule has 0 fully saturated rings. The van der Waals surface area contributed by atoms with Crippen LogP contribution in [0, 0.1) is 5.92 Å². The van der Waals surface area contributed by atoms with Crippen molar-refractivity contribution in [2.45, 2.75) is 5.92 Å². The third-order valence-electron chi connectivity index (χ3n) is 13.6. The summed E-state index contributed by atoms with van der Waals surface area (Å²) in [5.41, 5.74) is 18.2. The molecule has 0 nitrogen and oxygen atoms in total. The Labute approximate surface area is 349 Å². The number of hydrogen-bond acceptors (Lipinski definition) is 0. The third-order valence-corrected chi connectivity index (χ3v) is 13.6. The number of fused-ring (bicyclic) bond motifs is 1. The van der Waals surface area contributed by atoms with Gasteiger partial charge in [0, 0.05) is 11.8 Å². The zero-order valence-electron chi connectivity index (χ0n) is 32.9. The molecule has 0 heterocycles. The highest BCUT2D eigenvalue weighted by molar-refractivity contribution is 6.25. The highest BCUT2D eigenvalue weighted by atomic mass is 14.4. The van der Waals surface area contributed by atoms with Crippen molar-refractivity contribution in [3.05, 3.63) is 234 Å². The third kappa shape index (κ3) is 5.04. The summed E-state index contributed by atoms with van der Waals surface area (Å²) in [6.07, 6.45) is 14.3. The van der Waals surface area contributed by atoms with Gasteiger partial charge in [-0.05, 0) is 133 Å². The second-order valence-corrected chi connectivity index (χ2v) is 16.7. The van der Waals surface area contributed by atoms with E-state index in [2.05, 4.69) is 218 Å². The molecule has 0 spiro atoms. The minimum Gasteiger partial charge on any atom is -0.0760 e. The largest absolute Gasteiger partial charge is 0.0760 e. The first-order valence-electron chi connectivity index (χ1n) is 21.2. The molecule has 278 valence electrons. The van der Waals surface area contributed by atoms with Crippen molar-refractivity contribution in [1.29, 1.82) is 0 Å². The van der Waals surface area contributed by atoms with Gasteiger partial charge in [-0.1, -0.05) is 206 Å². The van der Waals surface area contributed by atoms with Gasteiger partial charge in [-0.25, -0.2) is 0 Å². The van der Waals surface area contributed by atoms with Gasteiger partial charge >= 0.3 is 0 Å². The number of benzene rings is 10. The summed E-state index contributed by atoms with van der Waals surface area (Å²) in [5.74, 6) is 0.642. The molecule has 0 bridgehead atoms. The van der Waals surface area contributed by atoms with Crippen LogP contribution in [0.2, 0.25) is 0 Å². The molecule has 0 radical (unpaired) electrons. The maximum atomic E-state index is 2.43. The van der Waals surface area contributed by atoms with Gasteiger partial charge in [0.05, 0.1) is 0 Å². The van der Waals surface area contributed by atoms with E-state index in [1.807, 2.05) is 0 Å². The van der Waals surface area contributed by atoms with Crippen molar-refractivity contribution in [2.75, 3.05) is 0 Å².